The highest BCUT2D eigenvalue weighted by Crippen LogP contribution is 2.22. The Morgan fingerprint density at radius 3 is 3.00 bits per heavy atom. The highest BCUT2D eigenvalue weighted by atomic mass is 35.5. The van der Waals surface area contributed by atoms with Crippen LogP contribution in [0.1, 0.15) is 11.4 Å². The molecule has 0 atom stereocenters. The molecule has 0 saturated carbocycles. The summed E-state index contributed by atoms with van der Waals surface area (Å²) in [5.74, 6) is 2.02. The first-order valence-corrected chi connectivity index (χ1v) is 7.14. The first kappa shape index (κ1) is 12.5. The Morgan fingerprint density at radius 2 is 2.24 bits per heavy atom. The van der Waals surface area contributed by atoms with Gasteiger partial charge in [-0.2, -0.15) is 16.9 Å². The second-order valence-electron chi connectivity index (χ2n) is 3.71. The molecule has 1 aromatic heterocycles. The van der Waals surface area contributed by atoms with Gasteiger partial charge in [-0.15, -0.1) is 0 Å². The van der Waals surface area contributed by atoms with Crippen molar-refractivity contribution in [3.8, 4) is 5.69 Å². The summed E-state index contributed by atoms with van der Waals surface area (Å²) < 4.78 is 1.87. The molecule has 0 N–H and O–H groups in total. The standard InChI is InChI=1S/C12H14ClN3S/c1-9-10(13)4-3-5-11(9)16-12(6-7-17-2)14-8-15-16/h3-5,8H,6-7H2,1-2H3. The van der Waals surface area contributed by atoms with Gasteiger partial charge in [-0.25, -0.2) is 9.67 Å². The van der Waals surface area contributed by atoms with Gasteiger partial charge < -0.3 is 0 Å². The largest absolute Gasteiger partial charge is 0.220 e. The fourth-order valence-electron chi connectivity index (χ4n) is 1.66. The molecule has 0 fully saturated rings. The van der Waals surface area contributed by atoms with Gasteiger partial charge in [0, 0.05) is 17.2 Å². The molecular weight excluding hydrogens is 254 g/mol. The highest BCUT2D eigenvalue weighted by molar-refractivity contribution is 7.98. The molecule has 5 heteroatoms. The van der Waals surface area contributed by atoms with E-state index in [1.54, 1.807) is 18.1 Å². The lowest BCUT2D eigenvalue weighted by atomic mass is 10.2. The van der Waals surface area contributed by atoms with E-state index in [-0.39, 0.29) is 0 Å². The summed E-state index contributed by atoms with van der Waals surface area (Å²) in [4.78, 5) is 4.30. The van der Waals surface area contributed by atoms with E-state index in [1.807, 2.05) is 29.8 Å². The van der Waals surface area contributed by atoms with Gasteiger partial charge in [-0.05, 0) is 30.9 Å². The molecule has 0 aliphatic heterocycles. The number of hydrogen-bond acceptors (Lipinski definition) is 3. The maximum atomic E-state index is 6.12. The molecule has 0 aliphatic carbocycles. The highest BCUT2D eigenvalue weighted by Gasteiger charge is 2.10. The van der Waals surface area contributed by atoms with Gasteiger partial charge >= 0.3 is 0 Å². The zero-order valence-corrected chi connectivity index (χ0v) is 11.4. The monoisotopic (exact) mass is 267 g/mol. The Kier molecular flexibility index (Phi) is 4.07. The number of nitrogens with zero attached hydrogens (tertiary/aromatic N) is 3. The van der Waals surface area contributed by atoms with E-state index >= 15 is 0 Å². The first-order valence-electron chi connectivity index (χ1n) is 5.37. The average Bonchev–Trinajstić information content (AvgIpc) is 2.78. The van der Waals surface area contributed by atoms with Crippen LogP contribution in [-0.4, -0.2) is 26.8 Å². The molecule has 0 spiro atoms. The topological polar surface area (TPSA) is 30.7 Å². The Labute approximate surface area is 110 Å². The van der Waals surface area contributed by atoms with Gasteiger partial charge in [0.2, 0.25) is 0 Å². The van der Waals surface area contributed by atoms with Crippen molar-refractivity contribution >= 4 is 23.4 Å². The number of halogens is 1. The summed E-state index contributed by atoms with van der Waals surface area (Å²) >= 11 is 7.93. The minimum absolute atomic E-state index is 0.758. The summed E-state index contributed by atoms with van der Waals surface area (Å²) in [6.45, 7) is 2.00. The molecule has 2 rings (SSSR count). The maximum Gasteiger partial charge on any atom is 0.138 e. The molecule has 0 bridgehead atoms. The van der Waals surface area contributed by atoms with Crippen molar-refractivity contribution in [2.24, 2.45) is 0 Å². The van der Waals surface area contributed by atoms with Crippen LogP contribution in [0.2, 0.25) is 5.02 Å². The van der Waals surface area contributed by atoms with Crippen molar-refractivity contribution in [2.75, 3.05) is 12.0 Å². The Balaban J connectivity index is 2.39. The maximum absolute atomic E-state index is 6.12. The fraction of sp³-hybridized carbons (Fsp3) is 0.333. The van der Waals surface area contributed by atoms with Crippen molar-refractivity contribution < 1.29 is 0 Å². The van der Waals surface area contributed by atoms with Crippen LogP contribution in [-0.2, 0) is 6.42 Å². The third-order valence-corrected chi connectivity index (χ3v) is 3.64. The molecular formula is C12H14ClN3S. The summed E-state index contributed by atoms with van der Waals surface area (Å²) in [7, 11) is 0. The molecule has 1 aromatic carbocycles. The Bertz CT molecular complexity index is 510. The summed E-state index contributed by atoms with van der Waals surface area (Å²) in [6.07, 6.45) is 4.59. The van der Waals surface area contributed by atoms with E-state index in [4.69, 9.17) is 11.6 Å². The Hall–Kier alpha value is -1.00. The van der Waals surface area contributed by atoms with E-state index < -0.39 is 0 Å². The van der Waals surface area contributed by atoms with Crippen molar-refractivity contribution in [2.45, 2.75) is 13.3 Å². The third-order valence-electron chi connectivity index (χ3n) is 2.62. The number of thioether (sulfide) groups is 1. The van der Waals surface area contributed by atoms with E-state index in [2.05, 4.69) is 16.3 Å². The van der Waals surface area contributed by atoms with Gasteiger partial charge in [0.1, 0.15) is 12.2 Å². The van der Waals surface area contributed by atoms with E-state index in [1.165, 1.54) is 0 Å². The Morgan fingerprint density at radius 1 is 1.41 bits per heavy atom. The van der Waals surface area contributed by atoms with Crippen LogP contribution in [0.5, 0.6) is 0 Å². The van der Waals surface area contributed by atoms with Crippen LogP contribution in [0.15, 0.2) is 24.5 Å². The summed E-state index contributed by atoms with van der Waals surface area (Å²) in [6, 6.07) is 5.84. The SMILES string of the molecule is CSCCc1ncnn1-c1cccc(Cl)c1C. The molecule has 0 saturated heterocycles. The van der Waals surface area contributed by atoms with E-state index in [9.17, 15) is 0 Å². The molecule has 2 aromatic rings. The lowest BCUT2D eigenvalue weighted by Gasteiger charge is -2.09. The van der Waals surface area contributed by atoms with Crippen LogP contribution in [0.4, 0.5) is 0 Å². The number of benzene rings is 1. The van der Waals surface area contributed by atoms with Gasteiger partial charge in [0.15, 0.2) is 0 Å². The molecule has 0 aliphatic rings. The molecule has 17 heavy (non-hydrogen) atoms. The molecule has 0 amide bonds. The smallest absolute Gasteiger partial charge is 0.138 e. The fourth-order valence-corrected chi connectivity index (χ4v) is 2.21. The second kappa shape index (κ2) is 5.56. The predicted molar refractivity (Wildman–Crippen MR) is 73.2 cm³/mol. The van der Waals surface area contributed by atoms with Crippen LogP contribution in [0.3, 0.4) is 0 Å². The number of hydrogen-bond donors (Lipinski definition) is 0. The molecule has 0 unspecified atom stereocenters. The van der Waals surface area contributed by atoms with Gasteiger partial charge in [0.05, 0.1) is 5.69 Å². The zero-order valence-electron chi connectivity index (χ0n) is 9.85. The van der Waals surface area contributed by atoms with Gasteiger partial charge in [-0.3, -0.25) is 0 Å². The molecule has 3 nitrogen and oxygen atoms in total. The van der Waals surface area contributed by atoms with Crippen LogP contribution < -0.4 is 0 Å². The van der Waals surface area contributed by atoms with Crippen LogP contribution in [0.25, 0.3) is 5.69 Å². The van der Waals surface area contributed by atoms with Crippen molar-refractivity contribution in [3.05, 3.63) is 40.9 Å². The third kappa shape index (κ3) is 2.64. The minimum Gasteiger partial charge on any atom is -0.220 e. The first-order chi connectivity index (χ1) is 8.24. The quantitative estimate of drug-likeness (QED) is 0.853. The van der Waals surface area contributed by atoms with Crippen LogP contribution >= 0.6 is 23.4 Å². The average molecular weight is 268 g/mol. The molecule has 1 heterocycles. The summed E-state index contributed by atoms with van der Waals surface area (Å²) in [5, 5.41) is 5.04. The molecule has 0 radical (unpaired) electrons. The van der Waals surface area contributed by atoms with Crippen molar-refractivity contribution in [3.63, 3.8) is 0 Å². The van der Waals surface area contributed by atoms with E-state index in [0.717, 1.165) is 34.3 Å². The van der Waals surface area contributed by atoms with Gasteiger partial charge in [0.25, 0.3) is 0 Å². The predicted octanol–water partition coefficient (Wildman–Crippen LogP) is 3.13. The lowest BCUT2D eigenvalue weighted by molar-refractivity contribution is 0.799. The van der Waals surface area contributed by atoms with Crippen molar-refractivity contribution in [1.82, 2.24) is 14.8 Å². The van der Waals surface area contributed by atoms with Crippen molar-refractivity contribution in [1.29, 1.82) is 0 Å². The normalized spacial score (nSPS) is 10.8. The lowest BCUT2D eigenvalue weighted by Crippen LogP contribution is -2.06. The number of aromatic nitrogens is 3. The minimum atomic E-state index is 0.758. The number of aryl methyl sites for hydroxylation is 1. The summed E-state index contributed by atoms with van der Waals surface area (Å²) in [5.41, 5.74) is 2.04. The zero-order chi connectivity index (χ0) is 12.3. The molecule has 90 valence electrons. The van der Waals surface area contributed by atoms with Crippen LogP contribution in [0, 0.1) is 6.92 Å². The van der Waals surface area contributed by atoms with Gasteiger partial charge in [-0.1, -0.05) is 17.7 Å². The van der Waals surface area contributed by atoms with E-state index in [0.29, 0.717) is 0 Å². The second-order valence-corrected chi connectivity index (χ2v) is 5.11. The number of rotatable bonds is 4.